The van der Waals surface area contributed by atoms with Gasteiger partial charge < -0.3 is 10.1 Å². The molecule has 0 radical (unpaired) electrons. The minimum absolute atomic E-state index is 0.632. The Hall–Kier alpha value is -0.720. The summed E-state index contributed by atoms with van der Waals surface area (Å²) < 4.78 is 7.52. The van der Waals surface area contributed by atoms with Crippen molar-refractivity contribution in [2.45, 2.75) is 44.0 Å². The van der Waals surface area contributed by atoms with E-state index in [2.05, 4.69) is 45.0 Å². The molecule has 2 unspecified atom stereocenters. The first-order valence-electron chi connectivity index (χ1n) is 7.15. The monoisotopic (exact) mass is 311 g/mol. The fourth-order valence-corrected chi connectivity index (χ4v) is 4.76. The van der Waals surface area contributed by atoms with Gasteiger partial charge in [0.05, 0.1) is 7.11 Å². The highest BCUT2D eigenvalue weighted by molar-refractivity contribution is 7.99. The smallest absolute Gasteiger partial charge is 0.237 e. The Balaban J connectivity index is 1.63. The second kappa shape index (κ2) is 6.37. The lowest BCUT2D eigenvalue weighted by Crippen LogP contribution is -2.26. The highest BCUT2D eigenvalue weighted by Crippen LogP contribution is 2.30. The molecule has 6 heteroatoms. The number of ether oxygens (including phenoxy) is 1. The predicted molar refractivity (Wildman–Crippen MR) is 86.0 cm³/mol. The van der Waals surface area contributed by atoms with Gasteiger partial charge in [0.25, 0.3) is 0 Å². The maximum Gasteiger partial charge on any atom is 0.237 e. The number of nitrogens with one attached hydrogen (secondary N) is 1. The van der Waals surface area contributed by atoms with Crippen molar-refractivity contribution < 1.29 is 4.74 Å². The van der Waals surface area contributed by atoms with Crippen LogP contribution < -0.4 is 10.1 Å². The van der Waals surface area contributed by atoms with Crippen molar-refractivity contribution in [3.63, 3.8) is 0 Å². The third kappa shape index (κ3) is 2.82. The van der Waals surface area contributed by atoms with Gasteiger partial charge >= 0.3 is 0 Å². The third-order valence-electron chi connectivity index (χ3n) is 3.86. The lowest BCUT2D eigenvalue weighted by atomic mass is 10.2. The Morgan fingerprint density at radius 1 is 1.55 bits per heavy atom. The zero-order valence-electron chi connectivity index (χ0n) is 12.0. The highest BCUT2D eigenvalue weighted by atomic mass is 32.2. The Labute approximate surface area is 127 Å². The van der Waals surface area contributed by atoms with Gasteiger partial charge in [-0.2, -0.15) is 16.7 Å². The number of hydrogen-bond donors (Lipinski definition) is 1. The molecule has 0 bridgehead atoms. The number of imidazole rings is 1. The van der Waals surface area contributed by atoms with Gasteiger partial charge in [0, 0.05) is 29.4 Å². The van der Waals surface area contributed by atoms with E-state index in [0.717, 1.165) is 28.3 Å². The van der Waals surface area contributed by atoms with Crippen molar-refractivity contribution in [3.8, 4) is 5.88 Å². The van der Waals surface area contributed by atoms with Crippen LogP contribution in [0.5, 0.6) is 5.88 Å². The highest BCUT2D eigenvalue weighted by Gasteiger charge is 2.25. The lowest BCUT2D eigenvalue weighted by molar-refractivity contribution is 0.390. The fraction of sp³-hybridized carbons (Fsp3) is 0.643. The molecule has 0 aromatic carbocycles. The molecule has 2 atom stereocenters. The summed E-state index contributed by atoms with van der Waals surface area (Å²) >= 11 is 3.74. The molecule has 0 amide bonds. The quantitative estimate of drug-likeness (QED) is 0.889. The van der Waals surface area contributed by atoms with E-state index < -0.39 is 0 Å². The Morgan fingerprint density at radius 3 is 3.25 bits per heavy atom. The number of thioether (sulfide) groups is 1. The van der Waals surface area contributed by atoms with E-state index in [9.17, 15) is 0 Å². The topological polar surface area (TPSA) is 38.6 Å². The van der Waals surface area contributed by atoms with E-state index in [-0.39, 0.29) is 0 Å². The van der Waals surface area contributed by atoms with Crippen LogP contribution in [0, 0.1) is 0 Å². The van der Waals surface area contributed by atoms with Crippen molar-refractivity contribution in [2.24, 2.45) is 0 Å². The average molecular weight is 311 g/mol. The zero-order chi connectivity index (χ0) is 13.9. The minimum atomic E-state index is 0.632. The van der Waals surface area contributed by atoms with Gasteiger partial charge in [0.1, 0.15) is 5.69 Å². The van der Waals surface area contributed by atoms with E-state index >= 15 is 0 Å². The Kier molecular flexibility index (Phi) is 4.53. The van der Waals surface area contributed by atoms with Crippen LogP contribution >= 0.6 is 23.1 Å². The van der Waals surface area contributed by atoms with Crippen LogP contribution in [0.1, 0.15) is 31.9 Å². The second-order valence-electron chi connectivity index (χ2n) is 5.09. The van der Waals surface area contributed by atoms with Crippen molar-refractivity contribution in [1.29, 1.82) is 0 Å². The maximum absolute atomic E-state index is 5.39. The molecular weight excluding hydrogens is 290 g/mol. The molecular formula is C14H21N3OS2. The molecule has 2 aromatic heterocycles. The van der Waals surface area contributed by atoms with Gasteiger partial charge in [-0.3, -0.25) is 4.40 Å². The molecule has 0 saturated heterocycles. The van der Waals surface area contributed by atoms with Crippen LogP contribution in [0.3, 0.4) is 0 Å². The van der Waals surface area contributed by atoms with Crippen molar-refractivity contribution >= 4 is 28.1 Å². The van der Waals surface area contributed by atoms with E-state index in [1.807, 2.05) is 0 Å². The summed E-state index contributed by atoms with van der Waals surface area (Å²) in [6.45, 7) is 3.07. The Morgan fingerprint density at radius 2 is 2.45 bits per heavy atom. The summed E-state index contributed by atoms with van der Waals surface area (Å²) in [5, 5.41) is 6.58. The SMILES string of the molecule is CCSC1CCC(NCc2c(OC)nc3sccn23)C1. The van der Waals surface area contributed by atoms with E-state index in [0.29, 0.717) is 6.04 Å². The number of methoxy groups -OCH3 is 1. The first-order chi connectivity index (χ1) is 9.81. The number of rotatable bonds is 6. The fourth-order valence-electron chi connectivity index (χ4n) is 2.89. The first-order valence-corrected chi connectivity index (χ1v) is 9.08. The maximum atomic E-state index is 5.39. The van der Waals surface area contributed by atoms with Gasteiger partial charge in [-0.05, 0) is 25.0 Å². The van der Waals surface area contributed by atoms with Gasteiger partial charge in [0.15, 0.2) is 4.96 Å². The molecule has 20 heavy (non-hydrogen) atoms. The molecule has 1 N–H and O–H groups in total. The number of aromatic nitrogens is 2. The predicted octanol–water partition coefficient (Wildman–Crippen LogP) is 3.17. The van der Waals surface area contributed by atoms with Crippen LogP contribution in [0.2, 0.25) is 0 Å². The summed E-state index contributed by atoms with van der Waals surface area (Å²) in [6, 6.07) is 0.632. The first kappa shape index (κ1) is 14.2. The molecule has 4 nitrogen and oxygen atoms in total. The van der Waals surface area contributed by atoms with E-state index in [1.54, 1.807) is 18.4 Å². The third-order valence-corrected chi connectivity index (χ3v) is 5.85. The van der Waals surface area contributed by atoms with Crippen molar-refractivity contribution in [3.05, 3.63) is 17.3 Å². The molecule has 2 aromatic rings. The van der Waals surface area contributed by atoms with Crippen LogP contribution in [0.25, 0.3) is 4.96 Å². The summed E-state index contributed by atoms with van der Waals surface area (Å²) in [5.74, 6) is 1.98. The molecule has 1 saturated carbocycles. The molecule has 3 rings (SSSR count). The van der Waals surface area contributed by atoms with Gasteiger partial charge in [-0.1, -0.05) is 6.92 Å². The summed E-state index contributed by atoms with van der Waals surface area (Å²) in [7, 11) is 1.69. The summed E-state index contributed by atoms with van der Waals surface area (Å²) in [5.41, 5.74) is 1.13. The van der Waals surface area contributed by atoms with Gasteiger partial charge in [0.2, 0.25) is 5.88 Å². The molecule has 110 valence electrons. The van der Waals surface area contributed by atoms with Crippen LogP contribution in [0.15, 0.2) is 11.6 Å². The largest absolute Gasteiger partial charge is 0.480 e. The number of hydrogen-bond acceptors (Lipinski definition) is 5. The summed E-state index contributed by atoms with van der Waals surface area (Å²) in [4.78, 5) is 5.50. The standard InChI is InChI=1S/C14H21N3OS2/c1-3-19-11-5-4-10(8-11)15-9-12-13(18-2)16-14-17(12)6-7-20-14/h6-7,10-11,15H,3-5,8-9H2,1-2H3. The number of fused-ring (bicyclic) bond motifs is 1. The minimum Gasteiger partial charge on any atom is -0.480 e. The van der Waals surface area contributed by atoms with Crippen LogP contribution in [-0.4, -0.2) is 33.5 Å². The molecule has 1 aliphatic carbocycles. The number of thiazole rings is 1. The van der Waals surface area contributed by atoms with Crippen molar-refractivity contribution in [2.75, 3.05) is 12.9 Å². The van der Waals surface area contributed by atoms with Gasteiger partial charge in [-0.15, -0.1) is 11.3 Å². The molecule has 0 aliphatic heterocycles. The van der Waals surface area contributed by atoms with Crippen molar-refractivity contribution in [1.82, 2.24) is 14.7 Å². The number of nitrogens with zero attached hydrogens (tertiary/aromatic N) is 2. The lowest BCUT2D eigenvalue weighted by Gasteiger charge is -2.13. The molecule has 1 aliphatic rings. The van der Waals surface area contributed by atoms with Crippen LogP contribution in [0.4, 0.5) is 0 Å². The zero-order valence-corrected chi connectivity index (χ0v) is 13.6. The molecule has 1 fully saturated rings. The van der Waals surface area contributed by atoms with Crippen LogP contribution in [-0.2, 0) is 6.54 Å². The summed E-state index contributed by atoms with van der Waals surface area (Å²) in [6.07, 6.45) is 5.97. The van der Waals surface area contributed by atoms with E-state index in [1.165, 1.54) is 25.0 Å². The van der Waals surface area contributed by atoms with E-state index in [4.69, 9.17) is 4.74 Å². The Bertz CT molecular complexity index is 566. The average Bonchev–Trinajstić information content (AvgIpc) is 3.12. The van der Waals surface area contributed by atoms with Gasteiger partial charge in [-0.25, -0.2) is 0 Å². The second-order valence-corrected chi connectivity index (χ2v) is 7.54. The molecule has 0 spiro atoms. The molecule has 2 heterocycles. The normalized spacial score (nSPS) is 22.7.